The molecule has 118 valence electrons. The fourth-order valence-electron chi connectivity index (χ4n) is 2.14. The normalized spacial score (nSPS) is 12.9. The van der Waals surface area contributed by atoms with Crippen molar-refractivity contribution in [2.45, 2.75) is 24.3 Å². The predicted octanol–water partition coefficient (Wildman–Crippen LogP) is 3.78. The summed E-state index contributed by atoms with van der Waals surface area (Å²) in [6.07, 6.45) is 0.646. The van der Waals surface area contributed by atoms with Crippen molar-refractivity contribution in [3.63, 3.8) is 0 Å². The number of benzene rings is 2. The van der Waals surface area contributed by atoms with Gasteiger partial charge < -0.3 is 4.74 Å². The lowest BCUT2D eigenvalue weighted by molar-refractivity contribution is 0.414. The molecule has 0 radical (unpaired) electrons. The molecule has 0 unspecified atom stereocenters. The molecule has 1 N–H and O–H groups in total. The van der Waals surface area contributed by atoms with Gasteiger partial charge in [0, 0.05) is 6.04 Å². The van der Waals surface area contributed by atoms with Crippen LogP contribution in [0.4, 0.5) is 0 Å². The first-order chi connectivity index (χ1) is 10.5. The van der Waals surface area contributed by atoms with Crippen LogP contribution in [0.15, 0.2) is 53.4 Å². The van der Waals surface area contributed by atoms with Crippen LogP contribution in [0.1, 0.15) is 24.9 Å². The van der Waals surface area contributed by atoms with E-state index in [0.717, 1.165) is 5.56 Å². The lowest BCUT2D eigenvalue weighted by Crippen LogP contribution is -2.28. The van der Waals surface area contributed by atoms with Crippen LogP contribution >= 0.6 is 11.6 Å². The zero-order chi connectivity index (χ0) is 16.2. The summed E-state index contributed by atoms with van der Waals surface area (Å²) < 4.78 is 32.8. The molecule has 22 heavy (non-hydrogen) atoms. The van der Waals surface area contributed by atoms with Crippen molar-refractivity contribution >= 4 is 21.6 Å². The Balaban J connectivity index is 2.28. The molecule has 0 saturated carbocycles. The highest BCUT2D eigenvalue weighted by atomic mass is 35.5. The van der Waals surface area contributed by atoms with Gasteiger partial charge in [-0.15, -0.1) is 0 Å². The first kappa shape index (κ1) is 16.8. The van der Waals surface area contributed by atoms with E-state index >= 15 is 0 Å². The highest BCUT2D eigenvalue weighted by Gasteiger charge is 2.21. The Morgan fingerprint density at radius 3 is 2.41 bits per heavy atom. The smallest absolute Gasteiger partial charge is 0.241 e. The van der Waals surface area contributed by atoms with Crippen molar-refractivity contribution in [2.75, 3.05) is 7.11 Å². The van der Waals surface area contributed by atoms with E-state index in [1.807, 2.05) is 37.3 Å². The van der Waals surface area contributed by atoms with Crippen LogP contribution in [-0.2, 0) is 10.0 Å². The Labute approximate surface area is 136 Å². The zero-order valence-electron chi connectivity index (χ0n) is 12.4. The molecule has 0 spiro atoms. The summed E-state index contributed by atoms with van der Waals surface area (Å²) in [5, 5.41) is 0.262. The minimum Gasteiger partial charge on any atom is -0.495 e. The molecule has 6 heteroatoms. The zero-order valence-corrected chi connectivity index (χ0v) is 14.0. The van der Waals surface area contributed by atoms with Gasteiger partial charge >= 0.3 is 0 Å². The van der Waals surface area contributed by atoms with Crippen molar-refractivity contribution in [2.24, 2.45) is 0 Å². The number of rotatable bonds is 6. The molecule has 0 aliphatic heterocycles. The fraction of sp³-hybridized carbons (Fsp3) is 0.250. The molecular weight excluding hydrogens is 322 g/mol. The largest absolute Gasteiger partial charge is 0.495 e. The fourth-order valence-corrected chi connectivity index (χ4v) is 3.80. The summed E-state index contributed by atoms with van der Waals surface area (Å²) in [5.41, 5.74) is 0.924. The Hall–Kier alpha value is -1.56. The first-order valence-electron chi connectivity index (χ1n) is 6.88. The van der Waals surface area contributed by atoms with Gasteiger partial charge in [-0.25, -0.2) is 13.1 Å². The van der Waals surface area contributed by atoms with E-state index < -0.39 is 10.0 Å². The summed E-state index contributed by atoms with van der Waals surface area (Å²) >= 11 is 6.01. The second kappa shape index (κ2) is 7.13. The Morgan fingerprint density at radius 1 is 1.18 bits per heavy atom. The van der Waals surface area contributed by atoms with Gasteiger partial charge in [0.15, 0.2) is 0 Å². The van der Waals surface area contributed by atoms with E-state index in [4.69, 9.17) is 16.3 Å². The van der Waals surface area contributed by atoms with Crippen LogP contribution < -0.4 is 9.46 Å². The predicted molar refractivity (Wildman–Crippen MR) is 87.8 cm³/mol. The summed E-state index contributed by atoms with van der Waals surface area (Å²) in [5.74, 6) is 0.440. The molecule has 0 aliphatic carbocycles. The summed E-state index contributed by atoms with van der Waals surface area (Å²) in [7, 11) is -2.17. The first-order valence-corrected chi connectivity index (χ1v) is 8.75. The molecule has 2 rings (SSSR count). The Bertz CT molecular complexity index is 732. The van der Waals surface area contributed by atoms with Crippen LogP contribution in [-0.4, -0.2) is 15.5 Å². The van der Waals surface area contributed by atoms with Crippen molar-refractivity contribution in [3.8, 4) is 5.75 Å². The van der Waals surface area contributed by atoms with Gasteiger partial charge in [0.25, 0.3) is 0 Å². The van der Waals surface area contributed by atoms with Crippen LogP contribution in [0.3, 0.4) is 0 Å². The van der Waals surface area contributed by atoms with E-state index in [9.17, 15) is 8.42 Å². The Morgan fingerprint density at radius 2 is 1.86 bits per heavy atom. The van der Waals surface area contributed by atoms with Gasteiger partial charge in [-0.2, -0.15) is 0 Å². The maximum Gasteiger partial charge on any atom is 0.241 e. The quantitative estimate of drug-likeness (QED) is 0.871. The van der Waals surface area contributed by atoms with Crippen LogP contribution in [0, 0.1) is 0 Å². The van der Waals surface area contributed by atoms with E-state index in [1.165, 1.54) is 19.2 Å². The number of nitrogens with one attached hydrogen (secondary N) is 1. The van der Waals surface area contributed by atoms with E-state index in [-0.39, 0.29) is 16.0 Å². The molecule has 0 saturated heterocycles. The third-order valence-corrected chi connectivity index (χ3v) is 5.11. The van der Waals surface area contributed by atoms with Crippen molar-refractivity contribution in [1.82, 2.24) is 4.72 Å². The Kier molecular flexibility index (Phi) is 5.45. The molecular formula is C16H18ClNO3S. The van der Waals surface area contributed by atoms with Crippen LogP contribution in [0.25, 0.3) is 0 Å². The van der Waals surface area contributed by atoms with Gasteiger partial charge in [-0.05, 0) is 30.2 Å². The topological polar surface area (TPSA) is 55.4 Å². The molecule has 0 heterocycles. The molecule has 0 aromatic heterocycles. The number of sulfonamides is 1. The molecule has 0 bridgehead atoms. The van der Waals surface area contributed by atoms with Gasteiger partial charge in [0.05, 0.1) is 17.0 Å². The monoisotopic (exact) mass is 339 g/mol. The minimum absolute atomic E-state index is 0.118. The number of halogens is 1. The summed E-state index contributed by atoms with van der Waals surface area (Å²) in [4.78, 5) is 0.118. The molecule has 1 atom stereocenters. The second-order valence-corrected chi connectivity index (χ2v) is 6.91. The van der Waals surface area contributed by atoms with Crippen molar-refractivity contribution in [3.05, 3.63) is 59.1 Å². The minimum atomic E-state index is -3.66. The number of hydrogen-bond acceptors (Lipinski definition) is 3. The maximum absolute atomic E-state index is 12.5. The molecule has 2 aromatic rings. The van der Waals surface area contributed by atoms with Crippen molar-refractivity contribution in [1.29, 1.82) is 0 Å². The van der Waals surface area contributed by atoms with Gasteiger partial charge in [0.1, 0.15) is 5.75 Å². The number of ether oxygens (including phenoxy) is 1. The third-order valence-electron chi connectivity index (χ3n) is 3.34. The average Bonchev–Trinajstić information content (AvgIpc) is 2.53. The highest BCUT2D eigenvalue weighted by molar-refractivity contribution is 7.89. The number of hydrogen-bond donors (Lipinski definition) is 1. The molecule has 0 amide bonds. The van der Waals surface area contributed by atoms with Crippen molar-refractivity contribution < 1.29 is 13.2 Å². The van der Waals surface area contributed by atoms with Gasteiger partial charge in [0.2, 0.25) is 10.0 Å². The van der Waals surface area contributed by atoms with Crippen LogP contribution in [0.2, 0.25) is 5.02 Å². The van der Waals surface area contributed by atoms with Gasteiger partial charge in [-0.3, -0.25) is 0 Å². The second-order valence-electron chi connectivity index (χ2n) is 4.79. The van der Waals surface area contributed by atoms with Gasteiger partial charge in [-0.1, -0.05) is 48.9 Å². The third kappa shape index (κ3) is 3.80. The van der Waals surface area contributed by atoms with E-state index in [1.54, 1.807) is 6.07 Å². The SMILES string of the molecule is CC[C@H](NS(=O)(=O)c1ccc(OC)c(Cl)c1)c1ccccc1. The highest BCUT2D eigenvalue weighted by Crippen LogP contribution is 2.28. The molecule has 2 aromatic carbocycles. The summed E-state index contributed by atoms with van der Waals surface area (Å²) in [6, 6.07) is 13.6. The maximum atomic E-state index is 12.5. The molecule has 4 nitrogen and oxygen atoms in total. The van der Waals surface area contributed by atoms with Crippen LogP contribution in [0.5, 0.6) is 5.75 Å². The molecule has 0 aliphatic rings. The lowest BCUT2D eigenvalue weighted by Gasteiger charge is -2.18. The number of methoxy groups -OCH3 is 1. The summed E-state index contributed by atoms with van der Waals surface area (Å²) in [6.45, 7) is 1.93. The molecule has 0 fully saturated rings. The standard InChI is InChI=1S/C16H18ClNO3S/c1-3-15(12-7-5-4-6-8-12)18-22(19,20)13-9-10-16(21-2)14(17)11-13/h4-11,15,18H,3H2,1-2H3/t15-/m0/s1. The average molecular weight is 340 g/mol. The van der Waals surface area contributed by atoms with E-state index in [0.29, 0.717) is 12.2 Å². The lowest BCUT2D eigenvalue weighted by atomic mass is 10.1. The van der Waals surface area contributed by atoms with E-state index in [2.05, 4.69) is 4.72 Å².